The average molecular weight is 282 g/mol. The molecule has 0 unspecified atom stereocenters. The van der Waals surface area contributed by atoms with Crippen molar-refractivity contribution in [2.45, 2.75) is 6.42 Å². The highest BCUT2D eigenvalue weighted by Gasteiger charge is 2.08. The second-order valence-corrected chi connectivity index (χ2v) is 3.89. The van der Waals surface area contributed by atoms with Crippen molar-refractivity contribution in [3.63, 3.8) is 0 Å². The number of nitrogens with zero attached hydrogens (tertiary/aromatic N) is 3. The molecule has 7 heteroatoms. The first-order chi connectivity index (χ1) is 7.75. The largest absolute Gasteiger partial charge is 0.325 e. The zero-order valence-corrected chi connectivity index (χ0v) is 9.73. The molecule has 0 bridgehead atoms. The van der Waals surface area contributed by atoms with E-state index in [9.17, 15) is 4.79 Å². The summed E-state index contributed by atoms with van der Waals surface area (Å²) in [6, 6.07) is 7.37. The molecular weight excluding hydrogens is 274 g/mol. The molecule has 1 aromatic heterocycles. The van der Waals surface area contributed by atoms with Gasteiger partial charge in [-0.2, -0.15) is 5.21 Å². The number of H-pyrrole nitrogens is 1. The van der Waals surface area contributed by atoms with E-state index < -0.39 is 0 Å². The highest BCUT2D eigenvalue weighted by molar-refractivity contribution is 9.10. The lowest BCUT2D eigenvalue weighted by molar-refractivity contribution is -0.115. The lowest BCUT2D eigenvalue weighted by Gasteiger charge is -2.05. The fraction of sp³-hybridized carbons (Fsp3) is 0.111. The van der Waals surface area contributed by atoms with Crippen LogP contribution in [0.15, 0.2) is 28.7 Å². The number of benzene rings is 1. The van der Waals surface area contributed by atoms with Gasteiger partial charge in [-0.15, -0.1) is 10.2 Å². The fourth-order valence-electron chi connectivity index (χ4n) is 1.16. The number of hydrogen-bond donors (Lipinski definition) is 2. The third-order valence-electron chi connectivity index (χ3n) is 1.86. The van der Waals surface area contributed by atoms with Crippen LogP contribution in [0.2, 0.25) is 0 Å². The molecule has 6 nitrogen and oxygen atoms in total. The van der Waals surface area contributed by atoms with Gasteiger partial charge in [-0.25, -0.2) is 0 Å². The van der Waals surface area contributed by atoms with Crippen LogP contribution in [0.25, 0.3) is 0 Å². The minimum Gasteiger partial charge on any atom is -0.325 e. The zero-order valence-electron chi connectivity index (χ0n) is 8.14. The molecule has 0 saturated carbocycles. The van der Waals surface area contributed by atoms with E-state index in [1.54, 1.807) is 6.07 Å². The van der Waals surface area contributed by atoms with Gasteiger partial charge < -0.3 is 5.32 Å². The van der Waals surface area contributed by atoms with E-state index in [0.29, 0.717) is 5.82 Å². The van der Waals surface area contributed by atoms with Gasteiger partial charge in [0.15, 0.2) is 5.82 Å². The summed E-state index contributed by atoms with van der Waals surface area (Å²) in [6.07, 6.45) is 0.0951. The summed E-state index contributed by atoms with van der Waals surface area (Å²) in [7, 11) is 0. The first kappa shape index (κ1) is 10.7. The van der Waals surface area contributed by atoms with Gasteiger partial charge in [0, 0.05) is 4.47 Å². The Morgan fingerprint density at radius 3 is 2.94 bits per heavy atom. The molecule has 0 spiro atoms. The van der Waals surface area contributed by atoms with Crippen molar-refractivity contribution < 1.29 is 4.79 Å². The van der Waals surface area contributed by atoms with Crippen LogP contribution in [-0.4, -0.2) is 26.5 Å². The Morgan fingerprint density at radius 1 is 1.44 bits per heavy atom. The molecular formula is C9H8BrN5O. The fourth-order valence-corrected chi connectivity index (χ4v) is 1.54. The molecule has 0 aliphatic carbocycles. The van der Waals surface area contributed by atoms with E-state index in [-0.39, 0.29) is 12.3 Å². The molecule has 0 radical (unpaired) electrons. The standard InChI is InChI=1S/C9H8BrN5O/c10-6-3-1-2-4-7(6)11-9(16)5-8-12-14-15-13-8/h1-4H,5H2,(H,11,16)(H,12,13,14,15). The van der Waals surface area contributed by atoms with Gasteiger partial charge in [0.1, 0.15) is 0 Å². The third kappa shape index (κ3) is 2.63. The van der Waals surface area contributed by atoms with Crippen molar-refractivity contribution in [3.8, 4) is 0 Å². The van der Waals surface area contributed by atoms with Crippen LogP contribution in [0.3, 0.4) is 0 Å². The number of nitrogens with one attached hydrogen (secondary N) is 2. The van der Waals surface area contributed by atoms with Crippen LogP contribution in [-0.2, 0) is 11.2 Å². The summed E-state index contributed by atoms with van der Waals surface area (Å²) < 4.78 is 0.830. The number of carbonyl (C=O) groups excluding carboxylic acids is 1. The quantitative estimate of drug-likeness (QED) is 0.884. The van der Waals surface area contributed by atoms with Gasteiger partial charge in [0.05, 0.1) is 12.1 Å². The minimum absolute atomic E-state index is 0.0951. The van der Waals surface area contributed by atoms with E-state index in [1.807, 2.05) is 18.2 Å². The van der Waals surface area contributed by atoms with Crippen LogP contribution < -0.4 is 5.32 Å². The van der Waals surface area contributed by atoms with E-state index >= 15 is 0 Å². The number of anilines is 1. The molecule has 0 aliphatic rings. The summed E-state index contributed by atoms with van der Waals surface area (Å²) in [6.45, 7) is 0. The monoisotopic (exact) mass is 281 g/mol. The van der Waals surface area contributed by atoms with Crippen LogP contribution in [0.1, 0.15) is 5.82 Å². The second-order valence-electron chi connectivity index (χ2n) is 3.03. The van der Waals surface area contributed by atoms with E-state index in [1.165, 1.54) is 0 Å². The molecule has 0 aliphatic heterocycles. The Balaban J connectivity index is 2.00. The van der Waals surface area contributed by atoms with Crippen molar-refractivity contribution in [1.29, 1.82) is 0 Å². The van der Waals surface area contributed by atoms with E-state index in [4.69, 9.17) is 0 Å². The van der Waals surface area contributed by atoms with Crippen molar-refractivity contribution in [2.24, 2.45) is 0 Å². The average Bonchev–Trinajstić information content (AvgIpc) is 2.74. The first-order valence-electron chi connectivity index (χ1n) is 4.52. The first-order valence-corrected chi connectivity index (χ1v) is 5.31. The molecule has 16 heavy (non-hydrogen) atoms. The molecule has 0 fully saturated rings. The molecule has 1 aromatic carbocycles. The highest BCUT2D eigenvalue weighted by atomic mass is 79.9. The SMILES string of the molecule is O=C(Cc1nn[nH]n1)Nc1ccccc1Br. The smallest absolute Gasteiger partial charge is 0.232 e. The van der Waals surface area contributed by atoms with E-state index in [0.717, 1.165) is 10.2 Å². The number of rotatable bonds is 3. The number of amides is 1. The van der Waals surface area contributed by atoms with Gasteiger partial charge >= 0.3 is 0 Å². The predicted molar refractivity (Wildman–Crippen MR) is 60.7 cm³/mol. The van der Waals surface area contributed by atoms with Crippen LogP contribution in [0.4, 0.5) is 5.69 Å². The maximum Gasteiger partial charge on any atom is 0.232 e. The number of tetrazole rings is 1. The van der Waals surface area contributed by atoms with Crippen molar-refractivity contribution in [3.05, 3.63) is 34.6 Å². The van der Waals surface area contributed by atoms with Crippen LogP contribution >= 0.6 is 15.9 Å². The van der Waals surface area contributed by atoms with Gasteiger partial charge in [0.25, 0.3) is 0 Å². The predicted octanol–water partition coefficient (Wildman–Crippen LogP) is 1.14. The lowest BCUT2D eigenvalue weighted by Crippen LogP contribution is -2.15. The zero-order chi connectivity index (χ0) is 11.4. The lowest BCUT2D eigenvalue weighted by atomic mass is 10.3. The Morgan fingerprint density at radius 2 is 2.25 bits per heavy atom. The Kier molecular flexibility index (Phi) is 3.25. The molecule has 1 heterocycles. The highest BCUT2D eigenvalue weighted by Crippen LogP contribution is 2.21. The Bertz CT molecular complexity index is 484. The van der Waals surface area contributed by atoms with Crippen LogP contribution in [0.5, 0.6) is 0 Å². The maximum atomic E-state index is 11.6. The molecule has 2 N–H and O–H groups in total. The number of hydrogen-bond acceptors (Lipinski definition) is 4. The summed E-state index contributed by atoms with van der Waals surface area (Å²) in [4.78, 5) is 11.6. The summed E-state index contributed by atoms with van der Waals surface area (Å²) >= 11 is 3.34. The number of para-hydroxylation sites is 1. The van der Waals surface area contributed by atoms with E-state index in [2.05, 4.69) is 41.9 Å². The number of carbonyl (C=O) groups is 1. The van der Waals surface area contributed by atoms with Gasteiger partial charge in [-0.3, -0.25) is 4.79 Å². The van der Waals surface area contributed by atoms with Gasteiger partial charge in [0.2, 0.25) is 5.91 Å². The number of aromatic nitrogens is 4. The summed E-state index contributed by atoms with van der Waals surface area (Å²) in [5.74, 6) is 0.179. The number of aromatic amines is 1. The van der Waals surface area contributed by atoms with Gasteiger partial charge in [-0.1, -0.05) is 17.3 Å². The molecule has 1 amide bonds. The Labute approximate surface area is 99.6 Å². The second kappa shape index (κ2) is 4.84. The molecule has 0 saturated heterocycles. The molecule has 2 rings (SSSR count). The molecule has 82 valence electrons. The van der Waals surface area contributed by atoms with Crippen molar-refractivity contribution in [1.82, 2.24) is 20.6 Å². The van der Waals surface area contributed by atoms with Crippen molar-refractivity contribution in [2.75, 3.05) is 5.32 Å². The normalized spacial score (nSPS) is 10.1. The molecule has 0 atom stereocenters. The van der Waals surface area contributed by atoms with Crippen LogP contribution in [0, 0.1) is 0 Å². The summed E-state index contributed by atoms with van der Waals surface area (Å²) in [5, 5.41) is 15.8. The van der Waals surface area contributed by atoms with Crippen molar-refractivity contribution >= 4 is 27.5 Å². The maximum absolute atomic E-state index is 11.6. The number of halogens is 1. The minimum atomic E-state index is -0.187. The van der Waals surface area contributed by atoms with Gasteiger partial charge in [-0.05, 0) is 28.1 Å². The summed E-state index contributed by atoms with van der Waals surface area (Å²) in [5.41, 5.74) is 0.719. The third-order valence-corrected chi connectivity index (χ3v) is 2.55. The Hall–Kier alpha value is -1.76. The topological polar surface area (TPSA) is 83.6 Å². The molecule has 2 aromatic rings.